The fourth-order valence-corrected chi connectivity index (χ4v) is 3.87. The molecular weight excluding hydrogens is 314 g/mol. The molecular formula is C20H23N3O2. The van der Waals surface area contributed by atoms with Crippen molar-refractivity contribution in [2.24, 2.45) is 5.92 Å². The number of nitrogens with one attached hydrogen (secondary N) is 1. The highest BCUT2D eigenvalue weighted by Gasteiger charge is 2.29. The lowest BCUT2D eigenvalue weighted by atomic mass is 10.1. The van der Waals surface area contributed by atoms with Gasteiger partial charge in [-0.05, 0) is 44.2 Å². The number of benzene rings is 1. The maximum Gasteiger partial charge on any atom is 0.272 e. The van der Waals surface area contributed by atoms with E-state index in [2.05, 4.69) is 23.4 Å². The molecule has 1 aromatic carbocycles. The Bertz CT molecular complexity index is 837. The summed E-state index contributed by atoms with van der Waals surface area (Å²) in [6, 6.07) is 8.11. The van der Waals surface area contributed by atoms with Gasteiger partial charge >= 0.3 is 0 Å². The van der Waals surface area contributed by atoms with E-state index >= 15 is 0 Å². The summed E-state index contributed by atoms with van der Waals surface area (Å²) >= 11 is 0. The van der Waals surface area contributed by atoms with Crippen LogP contribution in [0, 0.1) is 12.8 Å². The zero-order valence-electron chi connectivity index (χ0n) is 14.4. The van der Waals surface area contributed by atoms with Crippen LogP contribution in [0.25, 0.3) is 5.69 Å². The molecule has 0 spiro atoms. The van der Waals surface area contributed by atoms with Crippen LogP contribution in [0.2, 0.25) is 0 Å². The molecule has 2 aliphatic rings. The van der Waals surface area contributed by atoms with E-state index in [9.17, 15) is 9.90 Å². The van der Waals surface area contributed by atoms with E-state index in [1.807, 2.05) is 35.0 Å². The lowest BCUT2D eigenvalue weighted by Crippen LogP contribution is -2.33. The third-order valence-corrected chi connectivity index (χ3v) is 5.21. The SMILES string of the molecule is Cc1ccccc1-n1nc(C(=O)N[C@@H]2C=C[C@H](CO)C2)c2c1CCC2. The van der Waals surface area contributed by atoms with Crippen molar-refractivity contribution in [3.63, 3.8) is 0 Å². The number of fused-ring (bicyclic) bond motifs is 1. The van der Waals surface area contributed by atoms with Crippen LogP contribution < -0.4 is 5.32 Å². The summed E-state index contributed by atoms with van der Waals surface area (Å²) in [6.07, 6.45) is 7.63. The Morgan fingerprint density at radius 1 is 1.32 bits per heavy atom. The van der Waals surface area contributed by atoms with E-state index in [1.54, 1.807) is 0 Å². The summed E-state index contributed by atoms with van der Waals surface area (Å²) in [5.41, 5.74) is 4.99. The first-order valence-corrected chi connectivity index (χ1v) is 8.94. The summed E-state index contributed by atoms with van der Waals surface area (Å²) in [6.45, 7) is 2.19. The molecule has 0 unspecified atom stereocenters. The predicted octanol–water partition coefficient (Wildman–Crippen LogP) is 2.34. The number of amides is 1. The first-order valence-electron chi connectivity index (χ1n) is 8.94. The number of aryl methyl sites for hydroxylation is 1. The molecule has 0 fully saturated rings. The van der Waals surface area contributed by atoms with Crippen LogP contribution in [0.1, 0.15) is 40.2 Å². The smallest absolute Gasteiger partial charge is 0.272 e. The number of aromatic nitrogens is 2. The molecule has 1 aromatic heterocycles. The fourth-order valence-electron chi connectivity index (χ4n) is 3.87. The second-order valence-corrected chi connectivity index (χ2v) is 6.97. The van der Waals surface area contributed by atoms with Crippen LogP contribution in [0.3, 0.4) is 0 Å². The van der Waals surface area contributed by atoms with Gasteiger partial charge in [-0.25, -0.2) is 4.68 Å². The first kappa shape index (κ1) is 16.1. The third-order valence-electron chi connectivity index (χ3n) is 5.21. The normalized spacial score (nSPS) is 21.5. The number of hydrogen-bond acceptors (Lipinski definition) is 3. The van der Waals surface area contributed by atoms with E-state index in [0.717, 1.165) is 48.2 Å². The van der Waals surface area contributed by atoms with Crippen molar-refractivity contribution in [1.29, 1.82) is 0 Å². The highest BCUT2D eigenvalue weighted by Crippen LogP contribution is 2.29. The number of aliphatic hydroxyl groups is 1. The number of aliphatic hydroxyl groups excluding tert-OH is 1. The molecule has 2 aliphatic carbocycles. The van der Waals surface area contributed by atoms with E-state index < -0.39 is 0 Å². The van der Waals surface area contributed by atoms with Crippen molar-refractivity contribution in [2.75, 3.05) is 6.61 Å². The van der Waals surface area contributed by atoms with Crippen molar-refractivity contribution in [3.8, 4) is 5.69 Å². The van der Waals surface area contributed by atoms with Crippen LogP contribution in [0.15, 0.2) is 36.4 Å². The Kier molecular flexibility index (Phi) is 4.17. The molecule has 4 rings (SSSR count). The largest absolute Gasteiger partial charge is 0.396 e. The molecule has 5 heteroatoms. The Hall–Kier alpha value is -2.40. The molecule has 2 aromatic rings. The molecule has 2 atom stereocenters. The highest BCUT2D eigenvalue weighted by atomic mass is 16.3. The molecule has 0 bridgehead atoms. The summed E-state index contributed by atoms with van der Waals surface area (Å²) < 4.78 is 1.95. The van der Waals surface area contributed by atoms with E-state index in [4.69, 9.17) is 0 Å². The Morgan fingerprint density at radius 3 is 2.92 bits per heavy atom. The number of rotatable bonds is 4. The average molecular weight is 337 g/mol. The Morgan fingerprint density at radius 2 is 2.16 bits per heavy atom. The zero-order valence-corrected chi connectivity index (χ0v) is 14.4. The van der Waals surface area contributed by atoms with Crippen molar-refractivity contribution in [2.45, 2.75) is 38.6 Å². The maximum atomic E-state index is 12.8. The molecule has 1 amide bonds. The molecule has 0 radical (unpaired) electrons. The molecule has 5 nitrogen and oxygen atoms in total. The molecule has 0 aliphatic heterocycles. The number of para-hydroxylation sites is 1. The van der Waals surface area contributed by atoms with Crippen LogP contribution in [-0.2, 0) is 12.8 Å². The van der Waals surface area contributed by atoms with E-state index in [-0.39, 0.29) is 24.5 Å². The summed E-state index contributed by atoms with van der Waals surface area (Å²) in [7, 11) is 0. The van der Waals surface area contributed by atoms with Crippen LogP contribution in [-0.4, -0.2) is 33.4 Å². The van der Waals surface area contributed by atoms with Crippen LogP contribution in [0.5, 0.6) is 0 Å². The molecule has 25 heavy (non-hydrogen) atoms. The molecule has 0 saturated carbocycles. The minimum absolute atomic E-state index is 0.0229. The number of carbonyl (C=O) groups excluding carboxylic acids is 1. The first-order chi connectivity index (χ1) is 12.2. The highest BCUT2D eigenvalue weighted by molar-refractivity contribution is 5.94. The van der Waals surface area contributed by atoms with Crippen LogP contribution >= 0.6 is 0 Å². The summed E-state index contributed by atoms with van der Waals surface area (Å²) in [4.78, 5) is 12.8. The van der Waals surface area contributed by atoms with Gasteiger partial charge in [0, 0.05) is 29.8 Å². The predicted molar refractivity (Wildman–Crippen MR) is 95.9 cm³/mol. The standard InChI is InChI=1S/C20H23N3O2/c1-13-5-2-3-7-17(13)23-18-8-4-6-16(18)19(22-23)20(25)21-15-10-9-14(11-15)12-24/h2-3,5,7,9-10,14-15,24H,4,6,8,11-12H2,1H3,(H,21,25)/t14-,15+/m0/s1. The van der Waals surface area contributed by atoms with Gasteiger partial charge in [0.25, 0.3) is 5.91 Å². The summed E-state index contributed by atoms with van der Waals surface area (Å²) in [5.74, 6) is 0.0271. The second-order valence-electron chi connectivity index (χ2n) is 6.97. The zero-order chi connectivity index (χ0) is 17.4. The van der Waals surface area contributed by atoms with E-state index in [1.165, 1.54) is 0 Å². The van der Waals surface area contributed by atoms with Gasteiger partial charge in [-0.1, -0.05) is 30.4 Å². The van der Waals surface area contributed by atoms with Gasteiger partial charge in [0.15, 0.2) is 5.69 Å². The van der Waals surface area contributed by atoms with Crippen molar-refractivity contribution in [3.05, 3.63) is 58.9 Å². The average Bonchev–Trinajstić information content (AvgIpc) is 3.31. The molecule has 130 valence electrons. The van der Waals surface area contributed by atoms with Crippen molar-refractivity contribution in [1.82, 2.24) is 15.1 Å². The number of carbonyl (C=O) groups is 1. The fraction of sp³-hybridized carbons (Fsp3) is 0.400. The van der Waals surface area contributed by atoms with Gasteiger partial charge in [0.05, 0.1) is 5.69 Å². The van der Waals surface area contributed by atoms with Gasteiger partial charge in [0.2, 0.25) is 0 Å². The minimum Gasteiger partial charge on any atom is -0.396 e. The second kappa shape index (κ2) is 6.48. The van der Waals surface area contributed by atoms with Crippen LogP contribution in [0.4, 0.5) is 0 Å². The molecule has 0 saturated heterocycles. The molecule has 1 heterocycles. The Balaban J connectivity index is 1.63. The van der Waals surface area contributed by atoms with Gasteiger partial charge in [-0.3, -0.25) is 4.79 Å². The third kappa shape index (κ3) is 2.89. The number of nitrogens with zero attached hydrogens (tertiary/aromatic N) is 2. The lowest BCUT2D eigenvalue weighted by molar-refractivity contribution is 0.0934. The Labute approximate surface area is 147 Å². The lowest BCUT2D eigenvalue weighted by Gasteiger charge is -2.12. The van der Waals surface area contributed by atoms with Gasteiger partial charge in [0.1, 0.15) is 0 Å². The number of hydrogen-bond donors (Lipinski definition) is 2. The molecule has 2 N–H and O–H groups in total. The van der Waals surface area contributed by atoms with Crippen molar-refractivity contribution >= 4 is 5.91 Å². The topological polar surface area (TPSA) is 67.2 Å². The van der Waals surface area contributed by atoms with E-state index in [0.29, 0.717) is 5.69 Å². The quantitative estimate of drug-likeness (QED) is 0.842. The van der Waals surface area contributed by atoms with Gasteiger partial charge in [-0.15, -0.1) is 0 Å². The van der Waals surface area contributed by atoms with Gasteiger partial charge in [-0.2, -0.15) is 5.10 Å². The maximum absolute atomic E-state index is 12.8. The monoisotopic (exact) mass is 337 g/mol. The van der Waals surface area contributed by atoms with Gasteiger partial charge < -0.3 is 10.4 Å². The van der Waals surface area contributed by atoms with Crippen molar-refractivity contribution < 1.29 is 9.90 Å². The summed E-state index contributed by atoms with van der Waals surface area (Å²) in [5, 5.41) is 17.0. The minimum atomic E-state index is -0.112.